The molecule has 0 aliphatic rings. The van der Waals surface area contributed by atoms with E-state index in [0.29, 0.717) is 25.9 Å². The first-order chi connectivity index (χ1) is 9.81. The van der Waals surface area contributed by atoms with E-state index in [9.17, 15) is 18.3 Å². The van der Waals surface area contributed by atoms with Crippen LogP contribution in [0, 0.1) is 0 Å². The van der Waals surface area contributed by atoms with Gasteiger partial charge in [-0.15, -0.1) is 0 Å². The summed E-state index contributed by atoms with van der Waals surface area (Å²) in [5.74, 6) is -1.74. The van der Waals surface area contributed by atoms with Crippen LogP contribution in [0.2, 0.25) is 0 Å². The molecular formula is C13H20N2O5S. The molecule has 7 nitrogen and oxygen atoms in total. The number of nitrogens with one attached hydrogen (secondary N) is 1. The topological polar surface area (TPSA) is 107 Å². The Bertz CT molecular complexity index is 595. The van der Waals surface area contributed by atoms with Gasteiger partial charge in [-0.05, 0) is 31.0 Å². The van der Waals surface area contributed by atoms with E-state index in [4.69, 9.17) is 5.11 Å². The minimum absolute atomic E-state index is 0.0995. The summed E-state index contributed by atoms with van der Waals surface area (Å²) < 4.78 is 28.1. The molecule has 0 heterocycles. The SMILES string of the molecule is CCCN(CCC)S(=O)(=O)Nc1ccc(O)c(C(=O)O)c1. The molecule has 0 spiro atoms. The maximum Gasteiger partial charge on any atom is 0.339 e. The Morgan fingerprint density at radius 3 is 2.29 bits per heavy atom. The van der Waals surface area contributed by atoms with Crippen molar-refractivity contribution in [3.63, 3.8) is 0 Å². The lowest BCUT2D eigenvalue weighted by Crippen LogP contribution is -2.37. The van der Waals surface area contributed by atoms with E-state index in [-0.39, 0.29) is 11.3 Å². The number of hydrogen-bond donors (Lipinski definition) is 3. The van der Waals surface area contributed by atoms with Crippen LogP contribution in [0.1, 0.15) is 37.0 Å². The van der Waals surface area contributed by atoms with E-state index >= 15 is 0 Å². The average molecular weight is 316 g/mol. The third-order valence-corrected chi connectivity index (χ3v) is 4.30. The zero-order valence-corrected chi connectivity index (χ0v) is 12.9. The van der Waals surface area contributed by atoms with E-state index in [1.807, 2.05) is 13.8 Å². The number of carbonyl (C=O) groups is 1. The summed E-state index contributed by atoms with van der Waals surface area (Å²) in [6.45, 7) is 4.52. The first kappa shape index (κ1) is 17.3. The maximum atomic E-state index is 12.3. The molecule has 0 aliphatic heterocycles. The Kier molecular flexibility index (Phi) is 5.98. The van der Waals surface area contributed by atoms with Gasteiger partial charge >= 0.3 is 16.2 Å². The normalized spacial score (nSPS) is 11.6. The smallest absolute Gasteiger partial charge is 0.339 e. The van der Waals surface area contributed by atoms with Crippen LogP contribution in [0.25, 0.3) is 0 Å². The molecule has 1 aromatic carbocycles. The largest absolute Gasteiger partial charge is 0.507 e. The molecule has 0 fully saturated rings. The molecule has 0 amide bonds. The monoisotopic (exact) mass is 316 g/mol. The van der Waals surface area contributed by atoms with Crippen LogP contribution >= 0.6 is 0 Å². The van der Waals surface area contributed by atoms with Crippen LogP contribution < -0.4 is 4.72 Å². The number of aromatic carboxylic acids is 1. The molecule has 0 bridgehead atoms. The summed E-state index contributed by atoms with van der Waals surface area (Å²) in [6.07, 6.45) is 1.35. The molecule has 0 radical (unpaired) electrons. The minimum atomic E-state index is -3.75. The standard InChI is InChI=1S/C13H20N2O5S/c1-3-7-15(8-4-2)21(19,20)14-10-5-6-12(16)11(9-10)13(17)18/h5-6,9,14,16H,3-4,7-8H2,1-2H3,(H,17,18). The predicted octanol–water partition coefficient (Wildman–Crippen LogP) is 1.87. The van der Waals surface area contributed by atoms with E-state index < -0.39 is 21.9 Å². The zero-order chi connectivity index (χ0) is 16.0. The lowest BCUT2D eigenvalue weighted by molar-refractivity contribution is 0.0693. The molecule has 1 rings (SSSR count). The van der Waals surface area contributed by atoms with Crippen molar-refractivity contribution in [3.05, 3.63) is 23.8 Å². The lowest BCUT2D eigenvalue weighted by atomic mass is 10.2. The summed E-state index contributed by atoms with van der Waals surface area (Å²) in [7, 11) is -3.75. The summed E-state index contributed by atoms with van der Waals surface area (Å²) >= 11 is 0. The van der Waals surface area contributed by atoms with Gasteiger partial charge in [-0.3, -0.25) is 4.72 Å². The molecule has 8 heteroatoms. The quantitative estimate of drug-likeness (QED) is 0.635. The van der Waals surface area contributed by atoms with Gasteiger partial charge < -0.3 is 10.2 Å². The number of phenols is 1. The first-order valence-corrected chi connectivity index (χ1v) is 8.10. The molecule has 0 saturated heterocycles. The Labute approximate surface area is 124 Å². The van der Waals surface area contributed by atoms with Crippen LogP contribution in [-0.2, 0) is 10.2 Å². The maximum absolute atomic E-state index is 12.3. The van der Waals surface area contributed by atoms with Crippen molar-refractivity contribution in [2.75, 3.05) is 17.8 Å². The van der Waals surface area contributed by atoms with Crippen molar-refractivity contribution in [2.45, 2.75) is 26.7 Å². The molecule has 0 unspecified atom stereocenters. The van der Waals surface area contributed by atoms with Gasteiger partial charge in [0.1, 0.15) is 11.3 Å². The number of anilines is 1. The number of hydrogen-bond acceptors (Lipinski definition) is 4. The fourth-order valence-corrected chi connectivity index (χ4v) is 3.24. The molecule has 0 atom stereocenters. The lowest BCUT2D eigenvalue weighted by Gasteiger charge is -2.21. The van der Waals surface area contributed by atoms with Crippen molar-refractivity contribution in [1.29, 1.82) is 0 Å². The van der Waals surface area contributed by atoms with Gasteiger partial charge in [0.15, 0.2) is 0 Å². The van der Waals surface area contributed by atoms with Crippen molar-refractivity contribution in [1.82, 2.24) is 4.31 Å². The fourth-order valence-electron chi connectivity index (χ4n) is 1.84. The zero-order valence-electron chi connectivity index (χ0n) is 12.0. The predicted molar refractivity (Wildman–Crippen MR) is 79.8 cm³/mol. The molecule has 0 aromatic heterocycles. The highest BCUT2D eigenvalue weighted by Gasteiger charge is 2.21. The van der Waals surface area contributed by atoms with Crippen molar-refractivity contribution in [3.8, 4) is 5.75 Å². The summed E-state index contributed by atoms with van der Waals surface area (Å²) in [5.41, 5.74) is -0.255. The highest BCUT2D eigenvalue weighted by molar-refractivity contribution is 7.90. The second kappa shape index (κ2) is 7.28. The number of benzene rings is 1. The van der Waals surface area contributed by atoms with Gasteiger partial charge in [0, 0.05) is 13.1 Å². The number of nitrogens with zero attached hydrogens (tertiary/aromatic N) is 1. The molecule has 21 heavy (non-hydrogen) atoms. The van der Waals surface area contributed by atoms with Crippen LogP contribution in [-0.4, -0.2) is 42.0 Å². The van der Waals surface area contributed by atoms with Gasteiger partial charge in [0.25, 0.3) is 0 Å². The second-order valence-corrected chi connectivity index (χ2v) is 6.21. The number of aromatic hydroxyl groups is 1. The van der Waals surface area contributed by atoms with Gasteiger partial charge in [-0.1, -0.05) is 13.8 Å². The summed E-state index contributed by atoms with van der Waals surface area (Å²) in [6, 6.07) is 3.55. The van der Waals surface area contributed by atoms with Crippen LogP contribution in [0.15, 0.2) is 18.2 Å². The Morgan fingerprint density at radius 2 is 1.81 bits per heavy atom. The van der Waals surface area contributed by atoms with E-state index in [1.165, 1.54) is 10.4 Å². The van der Waals surface area contributed by atoms with Crippen molar-refractivity contribution < 1.29 is 23.4 Å². The fraction of sp³-hybridized carbons (Fsp3) is 0.462. The van der Waals surface area contributed by atoms with Gasteiger partial charge in [-0.25, -0.2) is 4.79 Å². The number of rotatable bonds is 8. The van der Waals surface area contributed by atoms with Crippen LogP contribution in [0.4, 0.5) is 5.69 Å². The van der Waals surface area contributed by atoms with Gasteiger partial charge in [0.2, 0.25) is 0 Å². The highest BCUT2D eigenvalue weighted by Crippen LogP contribution is 2.22. The molecule has 1 aromatic rings. The Balaban J connectivity index is 3.02. The molecule has 118 valence electrons. The summed E-state index contributed by atoms with van der Waals surface area (Å²) in [5, 5.41) is 18.3. The molecule has 0 aliphatic carbocycles. The van der Waals surface area contributed by atoms with Crippen molar-refractivity contribution >= 4 is 21.9 Å². The summed E-state index contributed by atoms with van der Waals surface area (Å²) in [4.78, 5) is 10.9. The third kappa shape index (κ3) is 4.61. The van der Waals surface area contributed by atoms with Gasteiger partial charge in [-0.2, -0.15) is 12.7 Å². The number of carboxylic acids is 1. The van der Waals surface area contributed by atoms with Crippen molar-refractivity contribution in [2.24, 2.45) is 0 Å². The molecule has 3 N–H and O–H groups in total. The minimum Gasteiger partial charge on any atom is -0.507 e. The van der Waals surface area contributed by atoms with E-state index in [2.05, 4.69) is 4.72 Å². The van der Waals surface area contributed by atoms with E-state index in [0.717, 1.165) is 12.1 Å². The molecule has 0 saturated carbocycles. The Hall–Kier alpha value is -1.80. The Morgan fingerprint density at radius 1 is 1.24 bits per heavy atom. The third-order valence-electron chi connectivity index (χ3n) is 2.76. The van der Waals surface area contributed by atoms with Crippen LogP contribution in [0.3, 0.4) is 0 Å². The highest BCUT2D eigenvalue weighted by atomic mass is 32.2. The second-order valence-electron chi connectivity index (χ2n) is 4.54. The number of carboxylic acid groups (broad SMARTS) is 1. The van der Waals surface area contributed by atoms with Crippen LogP contribution in [0.5, 0.6) is 5.75 Å². The van der Waals surface area contributed by atoms with Gasteiger partial charge in [0.05, 0.1) is 5.69 Å². The average Bonchev–Trinajstić information content (AvgIpc) is 2.40. The van der Waals surface area contributed by atoms with E-state index in [1.54, 1.807) is 0 Å². The first-order valence-electron chi connectivity index (χ1n) is 6.66. The molecular weight excluding hydrogens is 296 g/mol.